The van der Waals surface area contributed by atoms with E-state index in [0.29, 0.717) is 11.1 Å². The van der Waals surface area contributed by atoms with Crippen LogP contribution >= 0.6 is 11.8 Å². The molecule has 0 saturated carbocycles. The Kier molecular flexibility index (Phi) is 3.21. The maximum Gasteiger partial charge on any atom is 0.282 e. The molecule has 0 unspecified atom stereocenters. The second-order valence-electron chi connectivity index (χ2n) is 3.29. The lowest BCUT2D eigenvalue weighted by Gasteiger charge is -2.03. The molecule has 0 amide bonds. The van der Waals surface area contributed by atoms with Crippen LogP contribution in [0.25, 0.3) is 0 Å². The highest BCUT2D eigenvalue weighted by atomic mass is 32.2. The van der Waals surface area contributed by atoms with Gasteiger partial charge >= 0.3 is 0 Å². The number of aliphatic hydroxyl groups excluding tert-OH is 1. The summed E-state index contributed by atoms with van der Waals surface area (Å²) in [6.07, 6.45) is 1.13. The van der Waals surface area contributed by atoms with Crippen molar-refractivity contribution in [2.45, 2.75) is 30.2 Å². The molecule has 1 N–H and O–H groups in total. The summed E-state index contributed by atoms with van der Waals surface area (Å²) in [4.78, 5) is 4.18. The number of hydrogen-bond acceptors (Lipinski definition) is 6. The van der Waals surface area contributed by atoms with Gasteiger partial charge in [0.15, 0.2) is 0 Å². The van der Waals surface area contributed by atoms with Gasteiger partial charge in [0.25, 0.3) is 5.22 Å². The quantitative estimate of drug-likeness (QED) is 0.880. The van der Waals surface area contributed by atoms with Crippen molar-refractivity contribution in [1.29, 1.82) is 0 Å². The minimum atomic E-state index is -0.503. The molecule has 0 aliphatic carbocycles. The van der Waals surface area contributed by atoms with E-state index in [1.54, 1.807) is 20.0 Å². The first-order valence-electron chi connectivity index (χ1n) is 4.77. The second kappa shape index (κ2) is 4.63. The van der Waals surface area contributed by atoms with Gasteiger partial charge in [-0.2, -0.15) is 0 Å². The van der Waals surface area contributed by atoms with Crippen molar-refractivity contribution in [2.24, 2.45) is 0 Å². The number of aromatic nitrogens is 3. The first kappa shape index (κ1) is 11.1. The highest BCUT2D eigenvalue weighted by Gasteiger charge is 2.07. The predicted molar refractivity (Wildman–Crippen MR) is 58.0 cm³/mol. The van der Waals surface area contributed by atoms with E-state index in [4.69, 9.17) is 4.42 Å². The molecule has 0 fully saturated rings. The smallest absolute Gasteiger partial charge is 0.282 e. The van der Waals surface area contributed by atoms with Crippen LogP contribution in [-0.2, 0) is 0 Å². The van der Waals surface area contributed by atoms with Gasteiger partial charge in [0.2, 0.25) is 5.89 Å². The van der Waals surface area contributed by atoms with Gasteiger partial charge in [-0.15, -0.1) is 10.2 Å². The van der Waals surface area contributed by atoms with Crippen molar-refractivity contribution in [1.82, 2.24) is 15.2 Å². The summed E-state index contributed by atoms with van der Waals surface area (Å²) in [6.45, 7) is 3.44. The molecule has 2 rings (SSSR count). The molecular formula is C10H11N3O2S. The van der Waals surface area contributed by atoms with E-state index in [9.17, 15) is 5.11 Å². The van der Waals surface area contributed by atoms with Gasteiger partial charge in [-0.05, 0) is 30.3 Å². The van der Waals surface area contributed by atoms with E-state index in [1.165, 1.54) is 11.8 Å². The van der Waals surface area contributed by atoms with E-state index in [-0.39, 0.29) is 0 Å². The Morgan fingerprint density at radius 1 is 1.38 bits per heavy atom. The Morgan fingerprint density at radius 3 is 2.69 bits per heavy atom. The summed E-state index contributed by atoms with van der Waals surface area (Å²) < 4.78 is 5.22. The van der Waals surface area contributed by atoms with Crippen LogP contribution in [0.2, 0.25) is 0 Å². The maximum atomic E-state index is 9.32. The Balaban J connectivity index is 2.11. The van der Waals surface area contributed by atoms with Crippen LogP contribution in [0.5, 0.6) is 0 Å². The average molecular weight is 237 g/mol. The van der Waals surface area contributed by atoms with Crippen LogP contribution in [0.1, 0.15) is 24.5 Å². The summed E-state index contributed by atoms with van der Waals surface area (Å²) in [7, 11) is 0. The molecule has 0 aromatic carbocycles. The number of aliphatic hydroxyl groups is 1. The standard InChI is InChI=1S/C10H11N3O2S/c1-6(14)8-3-4-9(11-5-8)16-10-13-12-7(2)15-10/h3-6,14H,1-2H3/t6-/m1/s1. The molecule has 0 aliphatic rings. The molecule has 2 heterocycles. The van der Waals surface area contributed by atoms with E-state index in [0.717, 1.165) is 10.6 Å². The molecule has 5 nitrogen and oxygen atoms in total. The summed E-state index contributed by atoms with van der Waals surface area (Å²) in [5, 5.41) is 18.1. The summed E-state index contributed by atoms with van der Waals surface area (Å²) >= 11 is 1.30. The van der Waals surface area contributed by atoms with Crippen LogP contribution in [-0.4, -0.2) is 20.3 Å². The van der Waals surface area contributed by atoms with Crippen LogP contribution in [0, 0.1) is 6.92 Å². The fourth-order valence-corrected chi connectivity index (χ4v) is 1.77. The van der Waals surface area contributed by atoms with Crippen molar-refractivity contribution in [3.63, 3.8) is 0 Å². The first-order chi connectivity index (χ1) is 7.65. The van der Waals surface area contributed by atoms with Crippen molar-refractivity contribution < 1.29 is 9.52 Å². The molecule has 84 valence electrons. The Morgan fingerprint density at radius 2 is 2.19 bits per heavy atom. The van der Waals surface area contributed by atoms with Gasteiger partial charge in [-0.1, -0.05) is 6.07 Å². The van der Waals surface area contributed by atoms with E-state index in [2.05, 4.69) is 15.2 Å². The van der Waals surface area contributed by atoms with Gasteiger partial charge in [0.05, 0.1) is 6.10 Å². The van der Waals surface area contributed by atoms with Gasteiger partial charge in [0, 0.05) is 13.1 Å². The molecule has 2 aromatic rings. The van der Waals surface area contributed by atoms with Crippen LogP contribution in [0.4, 0.5) is 0 Å². The van der Waals surface area contributed by atoms with Crippen LogP contribution in [0.15, 0.2) is 33.0 Å². The highest BCUT2D eigenvalue weighted by molar-refractivity contribution is 7.99. The summed E-state index contributed by atoms with van der Waals surface area (Å²) in [5.41, 5.74) is 0.783. The third-order valence-corrected chi connectivity index (χ3v) is 2.73. The summed E-state index contributed by atoms with van der Waals surface area (Å²) in [5.74, 6) is 0.531. The molecule has 0 saturated heterocycles. The topological polar surface area (TPSA) is 72.0 Å². The van der Waals surface area contributed by atoms with Crippen molar-refractivity contribution in [2.75, 3.05) is 0 Å². The predicted octanol–water partition coefficient (Wildman–Crippen LogP) is 1.98. The Labute approximate surface area is 96.9 Å². The Hall–Kier alpha value is -1.40. The minimum absolute atomic E-state index is 0.467. The van der Waals surface area contributed by atoms with E-state index < -0.39 is 6.10 Å². The third kappa shape index (κ3) is 2.59. The maximum absolute atomic E-state index is 9.32. The number of hydrogen-bond donors (Lipinski definition) is 1. The lowest BCUT2D eigenvalue weighted by molar-refractivity contribution is 0.198. The van der Waals surface area contributed by atoms with Crippen molar-refractivity contribution >= 4 is 11.8 Å². The molecule has 16 heavy (non-hydrogen) atoms. The highest BCUT2D eigenvalue weighted by Crippen LogP contribution is 2.25. The average Bonchev–Trinajstić information content (AvgIpc) is 2.65. The molecule has 1 atom stereocenters. The lowest BCUT2D eigenvalue weighted by atomic mass is 10.2. The van der Waals surface area contributed by atoms with E-state index in [1.807, 2.05) is 12.1 Å². The number of nitrogens with zero attached hydrogens (tertiary/aromatic N) is 3. The Bertz CT molecular complexity index is 467. The van der Waals surface area contributed by atoms with Crippen molar-refractivity contribution in [3.05, 3.63) is 29.8 Å². The molecule has 0 bridgehead atoms. The van der Waals surface area contributed by atoms with Gasteiger partial charge < -0.3 is 9.52 Å². The zero-order valence-corrected chi connectivity index (χ0v) is 9.73. The molecule has 0 radical (unpaired) electrons. The lowest BCUT2D eigenvalue weighted by Crippen LogP contribution is -1.92. The SMILES string of the molecule is Cc1nnc(Sc2ccc([C@@H](C)O)cn2)o1. The van der Waals surface area contributed by atoms with Crippen molar-refractivity contribution in [3.8, 4) is 0 Å². The fraction of sp³-hybridized carbons (Fsp3) is 0.300. The number of aryl methyl sites for hydroxylation is 1. The zero-order valence-electron chi connectivity index (χ0n) is 8.91. The largest absolute Gasteiger partial charge is 0.416 e. The monoisotopic (exact) mass is 237 g/mol. The molecule has 0 aliphatic heterocycles. The number of pyridine rings is 1. The third-order valence-electron chi connectivity index (χ3n) is 1.94. The van der Waals surface area contributed by atoms with Gasteiger partial charge in [-0.3, -0.25) is 0 Å². The fourth-order valence-electron chi connectivity index (χ4n) is 1.11. The van der Waals surface area contributed by atoms with Crippen LogP contribution < -0.4 is 0 Å². The van der Waals surface area contributed by atoms with Gasteiger partial charge in [-0.25, -0.2) is 4.98 Å². The summed E-state index contributed by atoms with van der Waals surface area (Å²) in [6, 6.07) is 3.63. The molecular weight excluding hydrogens is 226 g/mol. The first-order valence-corrected chi connectivity index (χ1v) is 5.59. The zero-order chi connectivity index (χ0) is 11.5. The minimum Gasteiger partial charge on any atom is -0.416 e. The molecule has 0 spiro atoms. The van der Waals surface area contributed by atoms with Crippen LogP contribution in [0.3, 0.4) is 0 Å². The molecule has 6 heteroatoms. The molecule has 2 aromatic heterocycles. The number of rotatable bonds is 3. The van der Waals surface area contributed by atoms with E-state index >= 15 is 0 Å². The van der Waals surface area contributed by atoms with Gasteiger partial charge in [0.1, 0.15) is 5.03 Å². The normalized spacial score (nSPS) is 12.7. The second-order valence-corrected chi connectivity index (χ2v) is 4.27.